The molecule has 1 unspecified atom stereocenters. The van der Waals surface area contributed by atoms with Crippen LogP contribution in [0, 0.1) is 12.8 Å². The van der Waals surface area contributed by atoms with Crippen LogP contribution in [-0.4, -0.2) is 40.9 Å². The van der Waals surface area contributed by atoms with Crippen molar-refractivity contribution < 1.29 is 19.5 Å². The lowest BCUT2D eigenvalue weighted by molar-refractivity contribution is -0.133. The number of aromatic carboxylic acids is 1. The number of nitrogens with one attached hydrogen (secondary N) is 1. The van der Waals surface area contributed by atoms with Crippen molar-refractivity contribution >= 4 is 17.8 Å². The highest BCUT2D eigenvalue weighted by Crippen LogP contribution is 2.12. The molecule has 6 heteroatoms. The number of rotatable bonds is 7. The number of benzene rings is 2. The van der Waals surface area contributed by atoms with E-state index in [2.05, 4.69) is 5.32 Å². The molecule has 2 aromatic rings. The van der Waals surface area contributed by atoms with Gasteiger partial charge in [-0.3, -0.25) is 9.59 Å². The Morgan fingerprint density at radius 1 is 1.04 bits per heavy atom. The molecule has 0 aliphatic heterocycles. The van der Waals surface area contributed by atoms with E-state index in [1.165, 1.54) is 17.0 Å². The van der Waals surface area contributed by atoms with Gasteiger partial charge in [-0.15, -0.1) is 0 Å². The van der Waals surface area contributed by atoms with Gasteiger partial charge in [0, 0.05) is 19.2 Å². The first kappa shape index (κ1) is 21.2. The molecule has 0 fully saturated rings. The van der Waals surface area contributed by atoms with Crippen molar-refractivity contribution in [3.05, 3.63) is 70.8 Å². The molecule has 0 heterocycles. The van der Waals surface area contributed by atoms with Crippen LogP contribution in [0.3, 0.4) is 0 Å². The summed E-state index contributed by atoms with van der Waals surface area (Å²) in [5.41, 5.74) is 2.50. The number of hydrogen-bond donors (Lipinski definition) is 2. The second-order valence-electron chi connectivity index (χ2n) is 7.26. The molecule has 0 bridgehead atoms. The van der Waals surface area contributed by atoms with Crippen molar-refractivity contribution in [2.45, 2.75) is 33.4 Å². The molecule has 2 aromatic carbocycles. The fraction of sp³-hybridized carbons (Fsp3) is 0.318. The molecule has 0 radical (unpaired) electrons. The highest BCUT2D eigenvalue weighted by atomic mass is 16.4. The van der Waals surface area contributed by atoms with Gasteiger partial charge < -0.3 is 15.3 Å². The summed E-state index contributed by atoms with van der Waals surface area (Å²) in [5.74, 6) is -1.55. The molecule has 0 saturated heterocycles. The Hall–Kier alpha value is -3.15. The third-order valence-corrected chi connectivity index (χ3v) is 4.50. The van der Waals surface area contributed by atoms with E-state index in [-0.39, 0.29) is 23.3 Å². The normalized spacial score (nSPS) is 11.8. The summed E-state index contributed by atoms with van der Waals surface area (Å²) in [6.45, 7) is 6.00. The smallest absolute Gasteiger partial charge is 0.335 e. The Bertz CT molecular complexity index is 859. The fourth-order valence-electron chi connectivity index (χ4n) is 2.87. The fourth-order valence-corrected chi connectivity index (χ4v) is 2.87. The van der Waals surface area contributed by atoms with E-state index in [0.717, 1.165) is 11.1 Å². The minimum absolute atomic E-state index is 0.0851. The first-order chi connectivity index (χ1) is 13.2. The summed E-state index contributed by atoms with van der Waals surface area (Å²) < 4.78 is 0. The summed E-state index contributed by atoms with van der Waals surface area (Å²) >= 11 is 0. The predicted octanol–water partition coefficient (Wildman–Crippen LogP) is 3.11. The van der Waals surface area contributed by atoms with Gasteiger partial charge in [0.05, 0.1) is 5.56 Å². The largest absolute Gasteiger partial charge is 0.478 e. The van der Waals surface area contributed by atoms with Crippen molar-refractivity contribution in [3.63, 3.8) is 0 Å². The zero-order valence-corrected chi connectivity index (χ0v) is 16.6. The van der Waals surface area contributed by atoms with Crippen LogP contribution in [0.15, 0.2) is 48.5 Å². The van der Waals surface area contributed by atoms with Crippen LogP contribution in [0.4, 0.5) is 0 Å². The Labute approximate surface area is 165 Å². The number of aryl methyl sites for hydroxylation is 1. The van der Waals surface area contributed by atoms with Crippen LogP contribution < -0.4 is 5.32 Å². The van der Waals surface area contributed by atoms with Gasteiger partial charge in [0.25, 0.3) is 5.91 Å². The third kappa shape index (κ3) is 5.42. The summed E-state index contributed by atoms with van der Waals surface area (Å²) in [4.78, 5) is 38.0. The van der Waals surface area contributed by atoms with Gasteiger partial charge in [0.2, 0.25) is 5.91 Å². The number of carbonyl (C=O) groups excluding carboxylic acids is 2. The number of carboxylic acids is 1. The average molecular weight is 382 g/mol. The van der Waals surface area contributed by atoms with E-state index < -0.39 is 12.0 Å². The molecule has 148 valence electrons. The standard InChI is InChI=1S/C22H26N2O4/c1-14(2)19(23-20(25)18-7-5-6-15(3)12-18)21(26)24(4)13-16-8-10-17(11-9-16)22(27)28/h5-12,14,19H,13H2,1-4H3,(H,23,25)(H,27,28). The van der Waals surface area contributed by atoms with Gasteiger partial charge in [-0.1, -0.05) is 43.7 Å². The van der Waals surface area contributed by atoms with E-state index in [1.807, 2.05) is 32.9 Å². The second kappa shape index (κ2) is 9.17. The molecule has 0 aliphatic rings. The highest BCUT2D eigenvalue weighted by Gasteiger charge is 2.27. The Kier molecular flexibility index (Phi) is 6.93. The predicted molar refractivity (Wildman–Crippen MR) is 107 cm³/mol. The summed E-state index contributed by atoms with van der Waals surface area (Å²) in [7, 11) is 1.67. The third-order valence-electron chi connectivity index (χ3n) is 4.50. The second-order valence-corrected chi connectivity index (χ2v) is 7.26. The molecule has 0 aliphatic carbocycles. The number of carboxylic acid groups (broad SMARTS) is 1. The molecule has 28 heavy (non-hydrogen) atoms. The quantitative estimate of drug-likeness (QED) is 0.770. The first-order valence-electron chi connectivity index (χ1n) is 9.13. The number of amides is 2. The Balaban J connectivity index is 2.08. The summed E-state index contributed by atoms with van der Waals surface area (Å²) in [6.07, 6.45) is 0. The average Bonchev–Trinajstić information content (AvgIpc) is 2.65. The van der Waals surface area contributed by atoms with Crippen LogP contribution in [0.25, 0.3) is 0 Å². The lowest BCUT2D eigenvalue weighted by Crippen LogP contribution is -2.50. The zero-order chi connectivity index (χ0) is 20.8. The Morgan fingerprint density at radius 3 is 2.21 bits per heavy atom. The summed E-state index contributed by atoms with van der Waals surface area (Å²) in [6, 6.07) is 12.9. The van der Waals surface area contributed by atoms with E-state index in [4.69, 9.17) is 5.11 Å². The molecule has 2 N–H and O–H groups in total. The maximum absolute atomic E-state index is 12.9. The highest BCUT2D eigenvalue weighted by molar-refractivity contribution is 5.97. The monoisotopic (exact) mass is 382 g/mol. The van der Waals surface area contributed by atoms with Gasteiger partial charge in [-0.05, 0) is 42.7 Å². The van der Waals surface area contributed by atoms with Crippen molar-refractivity contribution in [1.29, 1.82) is 0 Å². The molecular formula is C22H26N2O4. The lowest BCUT2D eigenvalue weighted by atomic mass is 10.0. The molecule has 1 atom stereocenters. The molecule has 6 nitrogen and oxygen atoms in total. The molecule has 2 rings (SSSR count). The summed E-state index contributed by atoms with van der Waals surface area (Å²) in [5, 5.41) is 11.8. The van der Waals surface area contributed by atoms with Crippen LogP contribution in [0.1, 0.15) is 45.7 Å². The minimum atomic E-state index is -0.991. The van der Waals surface area contributed by atoms with Gasteiger partial charge >= 0.3 is 5.97 Å². The van der Waals surface area contributed by atoms with E-state index >= 15 is 0 Å². The van der Waals surface area contributed by atoms with Crippen molar-refractivity contribution in [3.8, 4) is 0 Å². The van der Waals surface area contributed by atoms with Crippen molar-refractivity contribution in [1.82, 2.24) is 10.2 Å². The van der Waals surface area contributed by atoms with E-state index in [1.54, 1.807) is 31.3 Å². The van der Waals surface area contributed by atoms with Crippen LogP contribution in [-0.2, 0) is 11.3 Å². The van der Waals surface area contributed by atoms with E-state index in [0.29, 0.717) is 12.1 Å². The van der Waals surface area contributed by atoms with Gasteiger partial charge in [0.15, 0.2) is 0 Å². The number of carbonyl (C=O) groups is 3. The van der Waals surface area contributed by atoms with Gasteiger partial charge in [-0.2, -0.15) is 0 Å². The maximum Gasteiger partial charge on any atom is 0.335 e. The number of hydrogen-bond acceptors (Lipinski definition) is 3. The van der Waals surface area contributed by atoms with E-state index in [9.17, 15) is 14.4 Å². The lowest BCUT2D eigenvalue weighted by Gasteiger charge is -2.27. The van der Waals surface area contributed by atoms with Crippen LogP contribution in [0.2, 0.25) is 0 Å². The minimum Gasteiger partial charge on any atom is -0.478 e. The van der Waals surface area contributed by atoms with Gasteiger partial charge in [-0.25, -0.2) is 4.79 Å². The first-order valence-corrected chi connectivity index (χ1v) is 9.13. The topological polar surface area (TPSA) is 86.7 Å². The van der Waals surface area contributed by atoms with Crippen molar-refractivity contribution in [2.75, 3.05) is 7.05 Å². The maximum atomic E-state index is 12.9. The Morgan fingerprint density at radius 2 is 1.68 bits per heavy atom. The van der Waals surface area contributed by atoms with Gasteiger partial charge in [0.1, 0.15) is 6.04 Å². The van der Waals surface area contributed by atoms with Crippen LogP contribution >= 0.6 is 0 Å². The van der Waals surface area contributed by atoms with Crippen LogP contribution in [0.5, 0.6) is 0 Å². The molecule has 2 amide bonds. The van der Waals surface area contributed by atoms with Crippen molar-refractivity contribution in [2.24, 2.45) is 5.92 Å². The SMILES string of the molecule is Cc1cccc(C(=O)NC(C(=O)N(C)Cc2ccc(C(=O)O)cc2)C(C)C)c1. The molecule has 0 spiro atoms. The zero-order valence-electron chi connectivity index (χ0n) is 16.6. The molecule has 0 aromatic heterocycles. The molecule has 0 saturated carbocycles. The number of likely N-dealkylation sites (N-methyl/N-ethyl adjacent to an activating group) is 1. The molecular weight excluding hydrogens is 356 g/mol. The number of nitrogens with zero attached hydrogens (tertiary/aromatic N) is 1.